The van der Waals surface area contributed by atoms with E-state index in [1.165, 1.54) is 0 Å². The van der Waals surface area contributed by atoms with Gasteiger partial charge >= 0.3 is 0 Å². The summed E-state index contributed by atoms with van der Waals surface area (Å²) < 4.78 is 0. The maximum Gasteiger partial charge on any atom is 0.237 e. The van der Waals surface area contributed by atoms with Crippen LogP contribution in [0, 0.1) is 11.3 Å². The van der Waals surface area contributed by atoms with Crippen molar-refractivity contribution in [3.05, 3.63) is 71.3 Å². The molecule has 0 saturated carbocycles. The van der Waals surface area contributed by atoms with Gasteiger partial charge in [-0.15, -0.1) is 0 Å². The molecule has 3 N–H and O–H groups in total. The number of hydrogen-bond donors (Lipinski definition) is 2. The zero-order valence-electron chi connectivity index (χ0n) is 11.6. The molecule has 0 aliphatic carbocycles. The summed E-state index contributed by atoms with van der Waals surface area (Å²) >= 11 is 0. The largest absolute Gasteiger partial charge is 0.351 e. The van der Waals surface area contributed by atoms with E-state index in [-0.39, 0.29) is 5.91 Å². The van der Waals surface area contributed by atoms with Gasteiger partial charge in [0.25, 0.3) is 0 Å². The monoisotopic (exact) mass is 279 g/mol. The molecule has 21 heavy (non-hydrogen) atoms. The first-order valence-electron chi connectivity index (χ1n) is 6.75. The summed E-state index contributed by atoms with van der Waals surface area (Å²) in [5.74, 6) is -0.178. The van der Waals surface area contributed by atoms with Crippen LogP contribution in [0.4, 0.5) is 0 Å². The van der Waals surface area contributed by atoms with Crippen molar-refractivity contribution < 1.29 is 4.79 Å². The molecule has 106 valence electrons. The second kappa shape index (κ2) is 7.22. The fourth-order valence-electron chi connectivity index (χ4n) is 1.98. The Hall–Kier alpha value is -2.64. The molecule has 0 unspecified atom stereocenters. The van der Waals surface area contributed by atoms with E-state index in [1.54, 1.807) is 12.1 Å². The number of hydrogen-bond acceptors (Lipinski definition) is 3. The smallest absolute Gasteiger partial charge is 0.237 e. The van der Waals surface area contributed by atoms with E-state index in [9.17, 15) is 4.79 Å². The topological polar surface area (TPSA) is 78.9 Å². The normalized spacial score (nSPS) is 11.4. The summed E-state index contributed by atoms with van der Waals surface area (Å²) in [4.78, 5) is 12.0. The standard InChI is InChI=1S/C17H17N3O/c18-11-14-6-8-15(9-7-14)12-20-17(21)16(19)10-13-4-2-1-3-5-13/h1-9,16H,10,12,19H2,(H,20,21)/t16-/m1/s1. The van der Waals surface area contributed by atoms with Crippen LogP contribution in [0.1, 0.15) is 16.7 Å². The van der Waals surface area contributed by atoms with Crippen LogP contribution in [-0.4, -0.2) is 11.9 Å². The first-order chi connectivity index (χ1) is 10.2. The van der Waals surface area contributed by atoms with Crippen LogP contribution in [-0.2, 0) is 17.8 Å². The second-order valence-corrected chi connectivity index (χ2v) is 4.82. The minimum Gasteiger partial charge on any atom is -0.351 e. The van der Waals surface area contributed by atoms with Crippen molar-refractivity contribution in [2.75, 3.05) is 0 Å². The number of benzene rings is 2. The van der Waals surface area contributed by atoms with Crippen LogP contribution in [0.5, 0.6) is 0 Å². The van der Waals surface area contributed by atoms with Crippen molar-refractivity contribution in [1.29, 1.82) is 5.26 Å². The van der Waals surface area contributed by atoms with Gasteiger partial charge in [-0.3, -0.25) is 4.79 Å². The van der Waals surface area contributed by atoms with E-state index in [1.807, 2.05) is 42.5 Å². The Morgan fingerprint density at radius 2 is 1.76 bits per heavy atom. The minimum atomic E-state index is -0.564. The van der Waals surface area contributed by atoms with Crippen LogP contribution in [0.3, 0.4) is 0 Å². The summed E-state index contributed by atoms with van der Waals surface area (Å²) in [5, 5.41) is 11.5. The van der Waals surface area contributed by atoms with Crippen LogP contribution in [0.25, 0.3) is 0 Å². The quantitative estimate of drug-likeness (QED) is 0.875. The summed E-state index contributed by atoms with van der Waals surface area (Å²) in [6.07, 6.45) is 0.514. The first kappa shape index (κ1) is 14.8. The third kappa shape index (κ3) is 4.44. The average Bonchev–Trinajstić information content (AvgIpc) is 2.54. The molecular formula is C17H17N3O. The van der Waals surface area contributed by atoms with Gasteiger partial charge < -0.3 is 11.1 Å². The highest BCUT2D eigenvalue weighted by Crippen LogP contribution is 2.04. The van der Waals surface area contributed by atoms with Crippen molar-refractivity contribution in [3.63, 3.8) is 0 Å². The molecule has 1 amide bonds. The lowest BCUT2D eigenvalue weighted by Gasteiger charge is -2.12. The third-order valence-electron chi connectivity index (χ3n) is 3.18. The Labute approximate surface area is 124 Å². The molecule has 2 aromatic rings. The fraction of sp³-hybridized carbons (Fsp3) is 0.176. The van der Waals surface area contributed by atoms with Crippen molar-refractivity contribution in [1.82, 2.24) is 5.32 Å². The third-order valence-corrected chi connectivity index (χ3v) is 3.18. The average molecular weight is 279 g/mol. The number of carbonyl (C=O) groups excluding carboxylic acids is 1. The lowest BCUT2D eigenvalue weighted by Crippen LogP contribution is -2.41. The van der Waals surface area contributed by atoms with E-state index >= 15 is 0 Å². The number of amides is 1. The maximum atomic E-state index is 12.0. The van der Waals surface area contributed by atoms with Gasteiger partial charge in [-0.05, 0) is 29.7 Å². The highest BCUT2D eigenvalue weighted by atomic mass is 16.2. The Kier molecular flexibility index (Phi) is 5.08. The molecule has 0 aliphatic rings. The number of nitrogens with one attached hydrogen (secondary N) is 1. The molecule has 0 heterocycles. The number of nitrogens with two attached hydrogens (primary N) is 1. The molecular weight excluding hydrogens is 262 g/mol. The maximum absolute atomic E-state index is 12.0. The molecule has 4 nitrogen and oxygen atoms in total. The molecule has 4 heteroatoms. The molecule has 0 saturated heterocycles. The second-order valence-electron chi connectivity index (χ2n) is 4.82. The predicted octanol–water partition coefficient (Wildman–Crippen LogP) is 1.74. The lowest BCUT2D eigenvalue weighted by molar-refractivity contribution is -0.122. The molecule has 2 rings (SSSR count). The fourth-order valence-corrected chi connectivity index (χ4v) is 1.98. The van der Waals surface area contributed by atoms with Crippen molar-refractivity contribution in [3.8, 4) is 6.07 Å². The van der Waals surface area contributed by atoms with E-state index < -0.39 is 6.04 Å². The summed E-state index contributed by atoms with van der Waals surface area (Å²) in [6.45, 7) is 0.410. The van der Waals surface area contributed by atoms with E-state index in [2.05, 4.69) is 11.4 Å². The van der Waals surface area contributed by atoms with Gasteiger partial charge in [0.2, 0.25) is 5.91 Å². The zero-order chi connectivity index (χ0) is 15.1. The van der Waals surface area contributed by atoms with E-state index in [4.69, 9.17) is 11.0 Å². The summed E-state index contributed by atoms with van der Waals surface area (Å²) in [5.41, 5.74) is 8.49. The molecule has 0 fully saturated rings. The van der Waals surface area contributed by atoms with Gasteiger partial charge in [0.1, 0.15) is 0 Å². The molecule has 0 radical (unpaired) electrons. The summed E-state index contributed by atoms with van der Waals surface area (Å²) in [7, 11) is 0. The zero-order valence-corrected chi connectivity index (χ0v) is 11.6. The SMILES string of the molecule is N#Cc1ccc(CNC(=O)[C@H](N)Cc2ccccc2)cc1. The van der Waals surface area contributed by atoms with Gasteiger partial charge in [0.05, 0.1) is 17.7 Å². The van der Waals surface area contributed by atoms with Gasteiger partial charge in [-0.2, -0.15) is 5.26 Å². The van der Waals surface area contributed by atoms with E-state index in [0.717, 1.165) is 11.1 Å². The minimum absolute atomic E-state index is 0.178. The van der Waals surface area contributed by atoms with Crippen molar-refractivity contribution >= 4 is 5.91 Å². The van der Waals surface area contributed by atoms with Crippen LogP contribution in [0.2, 0.25) is 0 Å². The molecule has 0 aromatic heterocycles. The first-order valence-corrected chi connectivity index (χ1v) is 6.75. The van der Waals surface area contributed by atoms with Crippen LogP contribution in [0.15, 0.2) is 54.6 Å². The molecule has 0 spiro atoms. The lowest BCUT2D eigenvalue weighted by atomic mass is 10.1. The number of nitriles is 1. The summed E-state index contributed by atoms with van der Waals surface area (Å²) in [6, 6.07) is 18.3. The van der Waals surface area contributed by atoms with Crippen molar-refractivity contribution in [2.24, 2.45) is 5.73 Å². The molecule has 1 atom stereocenters. The number of nitrogens with zero attached hydrogens (tertiary/aromatic N) is 1. The molecule has 0 aliphatic heterocycles. The Morgan fingerprint density at radius 1 is 1.10 bits per heavy atom. The van der Waals surface area contributed by atoms with Gasteiger partial charge in [-0.1, -0.05) is 42.5 Å². The Bertz CT molecular complexity index is 629. The van der Waals surface area contributed by atoms with Crippen molar-refractivity contribution in [2.45, 2.75) is 19.0 Å². The highest BCUT2D eigenvalue weighted by molar-refractivity contribution is 5.81. The Balaban J connectivity index is 1.84. The molecule has 2 aromatic carbocycles. The van der Waals surface area contributed by atoms with Gasteiger partial charge in [0.15, 0.2) is 0 Å². The predicted molar refractivity (Wildman–Crippen MR) is 81.1 cm³/mol. The van der Waals surface area contributed by atoms with Gasteiger partial charge in [0, 0.05) is 6.54 Å². The van der Waals surface area contributed by atoms with E-state index in [0.29, 0.717) is 18.5 Å². The van der Waals surface area contributed by atoms with Gasteiger partial charge in [-0.25, -0.2) is 0 Å². The molecule has 0 bridgehead atoms. The highest BCUT2D eigenvalue weighted by Gasteiger charge is 2.13. The van der Waals surface area contributed by atoms with Crippen LogP contribution < -0.4 is 11.1 Å². The number of carbonyl (C=O) groups is 1. The number of rotatable bonds is 5. The van der Waals surface area contributed by atoms with Crippen LogP contribution >= 0.6 is 0 Å². The Morgan fingerprint density at radius 3 is 2.38 bits per heavy atom.